The summed E-state index contributed by atoms with van der Waals surface area (Å²) in [5.74, 6) is 1.12. The van der Waals surface area contributed by atoms with Gasteiger partial charge in [0.1, 0.15) is 5.76 Å². The third-order valence-electron chi connectivity index (χ3n) is 3.73. The molecule has 70 valence electrons. The first-order valence-electron chi connectivity index (χ1n) is 5.17. The van der Waals surface area contributed by atoms with Gasteiger partial charge in [-0.1, -0.05) is 0 Å². The Labute approximate surface area is 78.5 Å². The Hall–Kier alpha value is -0.760. The van der Waals surface area contributed by atoms with Gasteiger partial charge < -0.3 is 4.42 Å². The van der Waals surface area contributed by atoms with E-state index in [1.165, 1.54) is 32.2 Å². The van der Waals surface area contributed by atoms with Crippen molar-refractivity contribution < 1.29 is 4.42 Å². The van der Waals surface area contributed by atoms with Crippen molar-refractivity contribution in [2.45, 2.75) is 37.8 Å². The average molecular weight is 177 g/mol. The van der Waals surface area contributed by atoms with Crippen molar-refractivity contribution in [1.29, 1.82) is 0 Å². The van der Waals surface area contributed by atoms with Crippen LogP contribution in [0.4, 0.5) is 0 Å². The molecule has 2 fully saturated rings. The Balaban J connectivity index is 1.67. The molecule has 1 spiro atoms. The van der Waals surface area contributed by atoms with Crippen molar-refractivity contribution in [1.82, 2.24) is 4.90 Å². The molecule has 0 aromatic carbocycles. The third-order valence-corrected chi connectivity index (χ3v) is 3.73. The van der Waals surface area contributed by atoms with Crippen LogP contribution >= 0.6 is 0 Å². The first-order valence-corrected chi connectivity index (χ1v) is 5.17. The van der Waals surface area contributed by atoms with E-state index in [0.29, 0.717) is 5.54 Å². The van der Waals surface area contributed by atoms with Crippen LogP contribution in [0.5, 0.6) is 0 Å². The quantitative estimate of drug-likeness (QED) is 0.689. The van der Waals surface area contributed by atoms with Gasteiger partial charge in [-0.15, -0.1) is 0 Å². The minimum Gasteiger partial charge on any atom is -0.468 e. The zero-order valence-electron chi connectivity index (χ0n) is 7.83. The number of rotatable bonds is 2. The second-order valence-corrected chi connectivity index (χ2v) is 4.33. The normalized spacial score (nSPS) is 25.5. The lowest BCUT2D eigenvalue weighted by Gasteiger charge is -2.58. The van der Waals surface area contributed by atoms with Crippen molar-refractivity contribution in [2.24, 2.45) is 0 Å². The molecule has 0 unspecified atom stereocenters. The second-order valence-electron chi connectivity index (χ2n) is 4.33. The van der Waals surface area contributed by atoms with Crippen LogP contribution in [0.25, 0.3) is 0 Å². The predicted octanol–water partition coefficient (Wildman–Crippen LogP) is 2.41. The first-order chi connectivity index (χ1) is 6.39. The molecule has 1 aromatic rings. The molecule has 0 atom stereocenters. The molecule has 1 saturated heterocycles. The highest BCUT2D eigenvalue weighted by Crippen LogP contribution is 2.47. The zero-order valence-corrected chi connectivity index (χ0v) is 7.83. The zero-order chi connectivity index (χ0) is 8.73. The highest BCUT2D eigenvalue weighted by Gasteiger charge is 2.48. The molecule has 0 radical (unpaired) electrons. The minimum atomic E-state index is 0.604. The van der Waals surface area contributed by atoms with Crippen molar-refractivity contribution in [3.8, 4) is 0 Å². The maximum absolute atomic E-state index is 5.36. The molecular formula is C11H15NO. The number of nitrogens with zero attached hydrogens (tertiary/aromatic N) is 1. The van der Waals surface area contributed by atoms with Gasteiger partial charge in [0.25, 0.3) is 0 Å². The van der Waals surface area contributed by atoms with Gasteiger partial charge in [0, 0.05) is 12.1 Å². The number of furan rings is 1. The lowest BCUT2D eigenvalue weighted by atomic mass is 9.68. The molecule has 0 bridgehead atoms. The summed E-state index contributed by atoms with van der Waals surface area (Å²) in [5.41, 5.74) is 0.604. The van der Waals surface area contributed by atoms with Gasteiger partial charge in [0.05, 0.1) is 12.8 Å². The summed E-state index contributed by atoms with van der Waals surface area (Å²) in [6.07, 6.45) is 7.42. The monoisotopic (exact) mass is 177 g/mol. The highest BCUT2D eigenvalue weighted by molar-refractivity contribution is 5.08. The Kier molecular flexibility index (Phi) is 1.53. The lowest BCUT2D eigenvalue weighted by Crippen LogP contribution is -2.62. The summed E-state index contributed by atoms with van der Waals surface area (Å²) in [7, 11) is 0. The van der Waals surface area contributed by atoms with Crippen LogP contribution in [0, 0.1) is 0 Å². The van der Waals surface area contributed by atoms with E-state index in [4.69, 9.17) is 4.42 Å². The standard InChI is InChI=1S/C11H15NO/c1-3-10(13-8-1)9-12-7-6-11(12)4-2-5-11/h1,3,8H,2,4-7,9H2. The molecule has 3 rings (SSSR count). The van der Waals surface area contributed by atoms with Gasteiger partial charge in [0.15, 0.2) is 0 Å². The van der Waals surface area contributed by atoms with Crippen molar-refractivity contribution in [3.05, 3.63) is 24.2 Å². The minimum absolute atomic E-state index is 0.604. The first kappa shape index (κ1) is 7.63. The Morgan fingerprint density at radius 2 is 2.31 bits per heavy atom. The molecular weight excluding hydrogens is 162 g/mol. The maximum atomic E-state index is 5.36. The summed E-state index contributed by atoms with van der Waals surface area (Å²) in [5, 5.41) is 0. The van der Waals surface area contributed by atoms with Crippen LogP contribution in [-0.4, -0.2) is 17.0 Å². The van der Waals surface area contributed by atoms with Gasteiger partial charge in [-0.2, -0.15) is 0 Å². The molecule has 2 aliphatic rings. The van der Waals surface area contributed by atoms with Crippen LogP contribution in [0.2, 0.25) is 0 Å². The van der Waals surface area contributed by atoms with Gasteiger partial charge in [-0.05, 0) is 37.8 Å². The summed E-state index contributed by atoms with van der Waals surface area (Å²) < 4.78 is 5.36. The third kappa shape index (κ3) is 1.05. The molecule has 1 aromatic heterocycles. The fourth-order valence-corrected chi connectivity index (χ4v) is 2.57. The lowest BCUT2D eigenvalue weighted by molar-refractivity contribution is -0.0821. The Morgan fingerprint density at radius 3 is 2.77 bits per heavy atom. The summed E-state index contributed by atoms with van der Waals surface area (Å²) in [6, 6.07) is 4.05. The van der Waals surface area contributed by atoms with E-state index >= 15 is 0 Å². The van der Waals surface area contributed by atoms with E-state index in [0.717, 1.165) is 12.3 Å². The predicted molar refractivity (Wildman–Crippen MR) is 50.3 cm³/mol. The van der Waals surface area contributed by atoms with Crippen LogP contribution in [-0.2, 0) is 6.54 Å². The number of hydrogen-bond donors (Lipinski definition) is 0. The SMILES string of the molecule is c1coc(CN2CCC23CCC3)c1. The molecule has 0 N–H and O–H groups in total. The molecule has 2 heteroatoms. The van der Waals surface area contributed by atoms with E-state index in [1.54, 1.807) is 6.26 Å². The van der Waals surface area contributed by atoms with Crippen molar-refractivity contribution in [3.63, 3.8) is 0 Å². The Bertz CT molecular complexity index is 282. The molecule has 2 heterocycles. The van der Waals surface area contributed by atoms with E-state index in [-0.39, 0.29) is 0 Å². The summed E-state index contributed by atoms with van der Waals surface area (Å²) in [6.45, 7) is 2.29. The van der Waals surface area contributed by atoms with Gasteiger partial charge in [-0.25, -0.2) is 0 Å². The molecule has 2 nitrogen and oxygen atoms in total. The molecule has 1 aliphatic carbocycles. The van der Waals surface area contributed by atoms with Crippen molar-refractivity contribution in [2.75, 3.05) is 6.54 Å². The van der Waals surface area contributed by atoms with E-state index in [9.17, 15) is 0 Å². The van der Waals surface area contributed by atoms with Crippen molar-refractivity contribution >= 4 is 0 Å². The topological polar surface area (TPSA) is 16.4 Å². The van der Waals surface area contributed by atoms with Crippen LogP contribution in [0.1, 0.15) is 31.4 Å². The fourth-order valence-electron chi connectivity index (χ4n) is 2.57. The largest absolute Gasteiger partial charge is 0.468 e. The van der Waals surface area contributed by atoms with Crippen LogP contribution in [0.3, 0.4) is 0 Å². The fraction of sp³-hybridized carbons (Fsp3) is 0.636. The van der Waals surface area contributed by atoms with Crippen LogP contribution in [0.15, 0.2) is 22.8 Å². The van der Waals surface area contributed by atoms with Gasteiger partial charge in [-0.3, -0.25) is 4.90 Å². The average Bonchev–Trinajstić information content (AvgIpc) is 2.47. The van der Waals surface area contributed by atoms with E-state index in [2.05, 4.69) is 11.0 Å². The smallest absolute Gasteiger partial charge is 0.117 e. The van der Waals surface area contributed by atoms with E-state index in [1.807, 2.05) is 6.07 Å². The highest BCUT2D eigenvalue weighted by atomic mass is 16.3. The maximum Gasteiger partial charge on any atom is 0.117 e. The summed E-state index contributed by atoms with van der Waals surface area (Å²) >= 11 is 0. The van der Waals surface area contributed by atoms with Gasteiger partial charge >= 0.3 is 0 Å². The van der Waals surface area contributed by atoms with E-state index < -0.39 is 0 Å². The second kappa shape index (κ2) is 2.61. The number of likely N-dealkylation sites (tertiary alicyclic amines) is 1. The number of hydrogen-bond acceptors (Lipinski definition) is 2. The molecule has 13 heavy (non-hydrogen) atoms. The molecule has 0 amide bonds. The summed E-state index contributed by atoms with van der Waals surface area (Å²) in [4.78, 5) is 2.58. The van der Waals surface area contributed by atoms with Gasteiger partial charge in [0.2, 0.25) is 0 Å². The molecule has 1 aliphatic heterocycles. The Morgan fingerprint density at radius 1 is 1.38 bits per heavy atom. The molecule has 1 saturated carbocycles. The van der Waals surface area contributed by atoms with Crippen LogP contribution < -0.4 is 0 Å².